The van der Waals surface area contributed by atoms with Crippen molar-refractivity contribution in [2.45, 2.75) is 35.8 Å². The Bertz CT molecular complexity index is 1470. The van der Waals surface area contributed by atoms with E-state index in [4.69, 9.17) is 23.2 Å². The summed E-state index contributed by atoms with van der Waals surface area (Å²) in [7, 11) is 0. The summed E-state index contributed by atoms with van der Waals surface area (Å²) in [6, 6.07) is 17.2. The molecule has 206 valence electrons. The van der Waals surface area contributed by atoms with Crippen molar-refractivity contribution in [1.82, 2.24) is 4.90 Å². The van der Waals surface area contributed by atoms with Crippen LogP contribution in [0.1, 0.15) is 41.7 Å². The van der Waals surface area contributed by atoms with Gasteiger partial charge in [0, 0.05) is 5.69 Å². The number of nitrogens with one attached hydrogen (secondary N) is 1. The topological polar surface area (TPSA) is 66.5 Å². The number of amides is 3. The summed E-state index contributed by atoms with van der Waals surface area (Å²) < 4.78 is 39.8. The zero-order valence-electron chi connectivity index (χ0n) is 21.3. The number of hydrogen-bond donors (Lipinski definition) is 1. The molecule has 4 aliphatic rings. The van der Waals surface area contributed by atoms with Gasteiger partial charge in [-0.25, -0.2) is 0 Å². The van der Waals surface area contributed by atoms with E-state index in [1.165, 1.54) is 12.1 Å². The van der Waals surface area contributed by atoms with Gasteiger partial charge < -0.3 is 5.32 Å². The van der Waals surface area contributed by atoms with E-state index in [2.05, 4.69) is 5.32 Å². The minimum absolute atomic E-state index is 0.107. The quantitative estimate of drug-likeness (QED) is 0.290. The summed E-state index contributed by atoms with van der Waals surface area (Å²) in [5.74, 6) is -4.82. The second-order valence-electron chi connectivity index (χ2n) is 10.8. The minimum atomic E-state index is -4.61. The standard InChI is InChI=1S/C30H23Cl2F3N2O3/c1-15(2)24(25(38)36-17-9-7-8-16(14-17)30(33,34)35)37-26(39)22-23(27(37)40)29(32)19-11-4-3-10-18(19)28(22,31)20-12-5-6-13-21(20)29/h3-15,22-24H,1-2H3,(H,36,38)/t22-,23+,24-,28?,29?/m0/s1. The van der Waals surface area contributed by atoms with E-state index in [1.54, 1.807) is 62.4 Å². The summed E-state index contributed by atoms with van der Waals surface area (Å²) in [5, 5.41) is 2.48. The molecule has 3 aliphatic carbocycles. The lowest BCUT2D eigenvalue weighted by Crippen LogP contribution is -2.57. The predicted octanol–water partition coefficient (Wildman–Crippen LogP) is 6.26. The number of hydrogen-bond acceptors (Lipinski definition) is 3. The van der Waals surface area contributed by atoms with Gasteiger partial charge in [-0.1, -0.05) is 68.4 Å². The minimum Gasteiger partial charge on any atom is -0.324 e. The third kappa shape index (κ3) is 3.45. The van der Waals surface area contributed by atoms with Crippen molar-refractivity contribution in [1.29, 1.82) is 0 Å². The van der Waals surface area contributed by atoms with Crippen molar-refractivity contribution in [3.8, 4) is 0 Å². The van der Waals surface area contributed by atoms with E-state index in [9.17, 15) is 27.6 Å². The Hall–Kier alpha value is -3.36. The van der Waals surface area contributed by atoms with Gasteiger partial charge in [0.15, 0.2) is 0 Å². The van der Waals surface area contributed by atoms with Crippen LogP contribution in [0, 0.1) is 17.8 Å². The third-order valence-electron chi connectivity index (χ3n) is 8.26. The number of carbonyl (C=O) groups excluding carboxylic acids is 3. The molecule has 0 saturated carbocycles. The molecule has 2 bridgehead atoms. The first-order valence-electron chi connectivity index (χ1n) is 12.8. The van der Waals surface area contributed by atoms with Crippen molar-refractivity contribution in [3.05, 3.63) is 101 Å². The Morgan fingerprint density at radius 2 is 1.27 bits per heavy atom. The average molecular weight is 587 g/mol. The number of benzene rings is 3. The monoisotopic (exact) mass is 586 g/mol. The van der Waals surface area contributed by atoms with Gasteiger partial charge in [-0.15, -0.1) is 23.2 Å². The van der Waals surface area contributed by atoms with E-state index in [0.717, 1.165) is 17.0 Å². The molecular formula is C30H23Cl2F3N2O3. The van der Waals surface area contributed by atoms with Crippen LogP contribution < -0.4 is 5.32 Å². The molecule has 40 heavy (non-hydrogen) atoms. The van der Waals surface area contributed by atoms with E-state index < -0.39 is 63.0 Å². The molecule has 1 aliphatic heterocycles. The zero-order chi connectivity index (χ0) is 28.8. The van der Waals surface area contributed by atoms with Crippen molar-refractivity contribution in [3.63, 3.8) is 0 Å². The first-order chi connectivity index (χ1) is 18.8. The van der Waals surface area contributed by atoms with Crippen molar-refractivity contribution in [2.24, 2.45) is 17.8 Å². The molecule has 1 saturated heterocycles. The highest BCUT2D eigenvalue weighted by atomic mass is 35.5. The van der Waals surface area contributed by atoms with E-state index in [-0.39, 0.29) is 5.69 Å². The van der Waals surface area contributed by atoms with Crippen LogP contribution in [0.15, 0.2) is 72.8 Å². The number of likely N-dealkylation sites (tertiary alicyclic amines) is 1. The van der Waals surface area contributed by atoms with Gasteiger partial charge in [0.05, 0.1) is 17.4 Å². The summed E-state index contributed by atoms with van der Waals surface area (Å²) in [6.07, 6.45) is -4.61. The molecule has 3 atom stereocenters. The van der Waals surface area contributed by atoms with Crippen LogP contribution in [0.4, 0.5) is 18.9 Å². The van der Waals surface area contributed by atoms with Gasteiger partial charge in [0.2, 0.25) is 17.7 Å². The normalized spacial score (nSPS) is 27.4. The molecule has 3 aromatic carbocycles. The fourth-order valence-electron chi connectivity index (χ4n) is 6.67. The Kier molecular flexibility index (Phi) is 5.92. The predicted molar refractivity (Wildman–Crippen MR) is 144 cm³/mol. The van der Waals surface area contributed by atoms with Crippen molar-refractivity contribution in [2.75, 3.05) is 5.32 Å². The fraction of sp³-hybridized carbons (Fsp3) is 0.300. The van der Waals surface area contributed by atoms with Crippen LogP contribution in [-0.4, -0.2) is 28.7 Å². The lowest BCUT2D eigenvalue weighted by molar-refractivity contribution is -0.148. The number of nitrogens with zero attached hydrogens (tertiary/aromatic N) is 1. The first-order valence-corrected chi connectivity index (χ1v) is 13.5. The fourth-order valence-corrected chi connectivity index (χ4v) is 7.77. The number of anilines is 1. The molecule has 7 rings (SSSR count). The maximum Gasteiger partial charge on any atom is 0.416 e. The maximum absolute atomic E-state index is 14.2. The molecule has 1 fully saturated rings. The molecular weight excluding hydrogens is 564 g/mol. The summed E-state index contributed by atoms with van der Waals surface area (Å²) in [4.78, 5) is 40.1. The number of alkyl halides is 5. The Balaban J connectivity index is 1.44. The number of halogens is 5. The Labute approximate surface area is 238 Å². The molecule has 1 N–H and O–H groups in total. The average Bonchev–Trinajstić information content (AvgIpc) is 3.18. The van der Waals surface area contributed by atoms with Gasteiger partial charge in [0.25, 0.3) is 0 Å². The Morgan fingerprint density at radius 1 is 0.825 bits per heavy atom. The van der Waals surface area contributed by atoms with Crippen LogP contribution in [0.25, 0.3) is 0 Å². The van der Waals surface area contributed by atoms with Gasteiger partial charge >= 0.3 is 6.18 Å². The van der Waals surface area contributed by atoms with Gasteiger partial charge in [-0.05, 0) is 46.4 Å². The smallest absolute Gasteiger partial charge is 0.324 e. The molecule has 5 nitrogen and oxygen atoms in total. The molecule has 3 amide bonds. The van der Waals surface area contributed by atoms with Gasteiger partial charge in [0.1, 0.15) is 15.8 Å². The second-order valence-corrected chi connectivity index (χ2v) is 12.0. The molecule has 0 unspecified atom stereocenters. The lowest BCUT2D eigenvalue weighted by Gasteiger charge is -2.54. The molecule has 0 spiro atoms. The Morgan fingerprint density at radius 3 is 1.68 bits per heavy atom. The van der Waals surface area contributed by atoms with Gasteiger partial charge in [-0.3, -0.25) is 19.3 Å². The maximum atomic E-state index is 14.2. The molecule has 1 heterocycles. The molecule has 0 radical (unpaired) electrons. The first kappa shape index (κ1) is 26.8. The highest BCUT2D eigenvalue weighted by molar-refractivity contribution is 6.36. The summed E-state index contributed by atoms with van der Waals surface area (Å²) in [5.41, 5.74) is 1.47. The number of imide groups is 1. The van der Waals surface area contributed by atoms with E-state index in [0.29, 0.717) is 22.3 Å². The highest BCUT2D eigenvalue weighted by Gasteiger charge is 2.73. The zero-order valence-corrected chi connectivity index (χ0v) is 22.8. The van der Waals surface area contributed by atoms with Crippen LogP contribution in [0.5, 0.6) is 0 Å². The third-order valence-corrected chi connectivity index (χ3v) is 9.54. The van der Waals surface area contributed by atoms with Crippen LogP contribution in [-0.2, 0) is 30.3 Å². The number of carbonyl (C=O) groups is 3. The molecule has 3 aromatic rings. The summed E-state index contributed by atoms with van der Waals surface area (Å²) in [6.45, 7) is 3.31. The second kappa shape index (κ2) is 8.82. The largest absolute Gasteiger partial charge is 0.416 e. The molecule has 10 heteroatoms. The van der Waals surface area contributed by atoms with Crippen LogP contribution >= 0.6 is 23.2 Å². The SMILES string of the molecule is CC(C)[C@@H](C(=O)Nc1cccc(C(F)(F)F)c1)N1C(=O)[C@@H]2[C@H](C1=O)C1(Cl)c3ccccc3C2(Cl)c2ccccc21. The number of rotatable bonds is 4. The van der Waals surface area contributed by atoms with Crippen molar-refractivity contribution >= 4 is 46.6 Å². The van der Waals surface area contributed by atoms with Crippen LogP contribution in [0.2, 0.25) is 0 Å². The lowest BCUT2D eigenvalue weighted by atomic mass is 9.54. The molecule has 0 aromatic heterocycles. The van der Waals surface area contributed by atoms with Crippen molar-refractivity contribution < 1.29 is 27.6 Å². The van der Waals surface area contributed by atoms with E-state index in [1.807, 2.05) is 0 Å². The van der Waals surface area contributed by atoms with Crippen LogP contribution in [0.3, 0.4) is 0 Å². The van der Waals surface area contributed by atoms with E-state index >= 15 is 0 Å². The summed E-state index contributed by atoms with van der Waals surface area (Å²) >= 11 is 14.9. The van der Waals surface area contributed by atoms with Gasteiger partial charge in [-0.2, -0.15) is 13.2 Å². The highest BCUT2D eigenvalue weighted by Crippen LogP contribution is 2.69.